The van der Waals surface area contributed by atoms with Crippen LogP contribution in [0.25, 0.3) is 0 Å². The van der Waals surface area contributed by atoms with Gasteiger partial charge in [-0.05, 0) is 56.1 Å². The van der Waals surface area contributed by atoms with Gasteiger partial charge in [-0.3, -0.25) is 0 Å². The average molecular weight is 394 g/mol. The molecule has 3 rings (SSSR count). The first-order valence-electron chi connectivity index (χ1n) is 10.1. The van der Waals surface area contributed by atoms with E-state index in [1.165, 1.54) is 106 Å². The van der Waals surface area contributed by atoms with Crippen LogP contribution in [0.2, 0.25) is 0 Å². The normalized spacial score (nSPS) is 15.2. The van der Waals surface area contributed by atoms with Crippen LogP contribution in [0, 0.1) is 5.41 Å². The number of rotatable bonds is 9. The summed E-state index contributed by atoms with van der Waals surface area (Å²) in [4.78, 5) is 0. The lowest BCUT2D eigenvalue weighted by Crippen LogP contribution is -3.00. The number of halogens is 1. The first-order chi connectivity index (χ1) is 11.3. The zero-order valence-electron chi connectivity index (χ0n) is 15.4. The third kappa shape index (κ3) is 4.33. The molecule has 2 nitrogen and oxygen atoms in total. The molecule has 1 aromatic rings. The number of unbranched alkanes of at least 4 members (excludes halogenated alkanes) is 7. The second-order valence-corrected chi connectivity index (χ2v) is 7.56. The zero-order valence-corrected chi connectivity index (χ0v) is 17.0. The Morgan fingerprint density at radius 3 is 1.79 bits per heavy atom. The minimum absolute atomic E-state index is 0. The Morgan fingerprint density at radius 1 is 0.750 bits per heavy atom. The molecular weight excluding hydrogens is 360 g/mol. The number of hydrogen-bond donors (Lipinski definition) is 1. The molecule has 1 heterocycles. The van der Waals surface area contributed by atoms with Crippen molar-refractivity contribution in [2.75, 3.05) is 0 Å². The van der Waals surface area contributed by atoms with Crippen molar-refractivity contribution in [2.24, 2.45) is 0 Å². The lowest BCUT2D eigenvalue weighted by molar-refractivity contribution is -0.00000517. The molecule has 0 radical (unpaired) electrons. The van der Waals surface area contributed by atoms with Crippen LogP contribution in [0.1, 0.15) is 93.6 Å². The molecule has 0 unspecified atom stereocenters. The van der Waals surface area contributed by atoms with Crippen LogP contribution in [0.15, 0.2) is 0 Å². The van der Waals surface area contributed by atoms with E-state index in [0.29, 0.717) is 0 Å². The van der Waals surface area contributed by atoms with Gasteiger partial charge >= 0.3 is 0 Å². The van der Waals surface area contributed by atoms with Crippen molar-refractivity contribution in [3.8, 4) is 0 Å². The summed E-state index contributed by atoms with van der Waals surface area (Å²) in [5, 5.41) is 9.43. The molecule has 0 saturated carbocycles. The number of hydrogen-bond acceptors (Lipinski definition) is 1. The number of fused-ring (bicyclic) bond motifs is 2. The fourth-order valence-electron chi connectivity index (χ4n) is 4.61. The molecule has 0 atom stereocenters. The molecule has 0 saturated heterocycles. The van der Waals surface area contributed by atoms with Gasteiger partial charge in [0.15, 0.2) is 0 Å². The fraction of sp³-hybridized carbons (Fsp3) is 0.762. The van der Waals surface area contributed by atoms with Crippen LogP contribution in [0.4, 0.5) is 0 Å². The number of aromatic nitrogens is 1. The maximum absolute atomic E-state index is 8.51. The van der Waals surface area contributed by atoms with E-state index >= 15 is 0 Å². The Morgan fingerprint density at radius 2 is 1.25 bits per heavy atom. The number of nitrogens with one attached hydrogen (secondary N) is 1. The average Bonchev–Trinajstić information content (AvgIpc) is 3.22. The van der Waals surface area contributed by atoms with Gasteiger partial charge in [0.2, 0.25) is 0 Å². The van der Waals surface area contributed by atoms with Crippen LogP contribution >= 0.6 is 0 Å². The summed E-state index contributed by atoms with van der Waals surface area (Å²) in [6.07, 6.45) is 18.4. The van der Waals surface area contributed by atoms with Gasteiger partial charge in [0, 0.05) is 17.9 Å². The van der Waals surface area contributed by atoms with Crippen molar-refractivity contribution in [3.63, 3.8) is 0 Å². The maximum atomic E-state index is 8.51. The van der Waals surface area contributed by atoms with E-state index < -0.39 is 0 Å². The Balaban J connectivity index is 0.00000208. The molecule has 0 bridgehead atoms. The Hall–Kier alpha value is -0.570. The molecule has 2 aliphatic rings. The standard InChI is InChI=1S/C21H34N2.BrH/c1-2-3-4-5-6-7-8-9-16-23-19-14-10-12-17(19)21(22)18-13-11-15-20(18)23;/h22H,2-16H2,1H3;1H/p-1. The van der Waals surface area contributed by atoms with E-state index in [1.54, 1.807) is 0 Å². The molecule has 0 aromatic carbocycles. The molecule has 2 aliphatic carbocycles. The van der Waals surface area contributed by atoms with Crippen molar-refractivity contribution < 1.29 is 17.0 Å². The molecule has 3 heteroatoms. The van der Waals surface area contributed by atoms with Crippen molar-refractivity contribution in [2.45, 2.75) is 103 Å². The van der Waals surface area contributed by atoms with E-state index in [-0.39, 0.29) is 17.0 Å². The lowest BCUT2D eigenvalue weighted by Gasteiger charge is -2.19. The van der Waals surface area contributed by atoms with Crippen molar-refractivity contribution in [1.82, 2.24) is 4.57 Å². The van der Waals surface area contributed by atoms with E-state index in [4.69, 9.17) is 5.41 Å². The van der Waals surface area contributed by atoms with Gasteiger partial charge in [0.1, 0.15) is 0 Å². The van der Waals surface area contributed by atoms with Gasteiger partial charge in [-0.25, -0.2) is 0 Å². The highest BCUT2D eigenvalue weighted by molar-refractivity contribution is 5.36. The quantitative estimate of drug-likeness (QED) is 0.622. The lowest BCUT2D eigenvalue weighted by atomic mass is 10.1. The Labute approximate surface area is 158 Å². The Kier molecular flexibility index (Phi) is 8.06. The number of pyridine rings is 1. The first kappa shape index (κ1) is 19.8. The van der Waals surface area contributed by atoms with E-state index in [0.717, 1.165) is 18.2 Å². The molecular formula is C21H34BrN2-. The van der Waals surface area contributed by atoms with E-state index in [1.807, 2.05) is 0 Å². The summed E-state index contributed by atoms with van der Waals surface area (Å²) in [6, 6.07) is 0. The predicted octanol–water partition coefficient (Wildman–Crippen LogP) is 2.09. The second-order valence-electron chi connectivity index (χ2n) is 7.56. The minimum Gasteiger partial charge on any atom is -1.00 e. The highest BCUT2D eigenvalue weighted by Crippen LogP contribution is 2.27. The van der Waals surface area contributed by atoms with Crippen LogP contribution in [0.5, 0.6) is 0 Å². The van der Waals surface area contributed by atoms with Crippen LogP contribution in [-0.4, -0.2) is 4.57 Å². The fourth-order valence-corrected chi connectivity index (χ4v) is 4.61. The molecule has 0 amide bonds. The summed E-state index contributed by atoms with van der Waals surface area (Å²) in [5.74, 6) is 0. The summed E-state index contributed by atoms with van der Waals surface area (Å²) in [5.41, 5.74) is 5.84. The smallest absolute Gasteiger partial charge is 0.0638 e. The van der Waals surface area contributed by atoms with Gasteiger partial charge < -0.3 is 27.0 Å². The topological polar surface area (TPSA) is 28.8 Å². The zero-order chi connectivity index (χ0) is 16.1. The molecule has 0 spiro atoms. The van der Waals surface area contributed by atoms with Crippen molar-refractivity contribution in [1.29, 1.82) is 5.41 Å². The SMILES string of the molecule is CCCCCCCCCCn1c2c(c(=N)c3c1CCC3)CCC2.[Br-]. The van der Waals surface area contributed by atoms with E-state index in [2.05, 4.69) is 11.5 Å². The van der Waals surface area contributed by atoms with Gasteiger partial charge in [-0.1, -0.05) is 51.9 Å². The molecule has 24 heavy (non-hydrogen) atoms. The van der Waals surface area contributed by atoms with Gasteiger partial charge in [0.25, 0.3) is 0 Å². The predicted molar refractivity (Wildman–Crippen MR) is 96.9 cm³/mol. The number of nitrogens with zero attached hydrogens (tertiary/aromatic N) is 1. The third-order valence-corrected chi connectivity index (χ3v) is 5.87. The maximum Gasteiger partial charge on any atom is 0.0638 e. The molecule has 0 fully saturated rings. The largest absolute Gasteiger partial charge is 1.00 e. The van der Waals surface area contributed by atoms with Crippen molar-refractivity contribution >= 4 is 0 Å². The van der Waals surface area contributed by atoms with Crippen LogP contribution < -0.4 is 22.3 Å². The van der Waals surface area contributed by atoms with Gasteiger partial charge in [-0.15, -0.1) is 0 Å². The van der Waals surface area contributed by atoms with Crippen LogP contribution in [-0.2, 0) is 32.2 Å². The monoisotopic (exact) mass is 393 g/mol. The minimum atomic E-state index is 0. The van der Waals surface area contributed by atoms with Gasteiger partial charge in [-0.2, -0.15) is 0 Å². The highest BCUT2D eigenvalue weighted by atomic mass is 79.9. The first-order valence-corrected chi connectivity index (χ1v) is 10.1. The van der Waals surface area contributed by atoms with Gasteiger partial charge in [0.05, 0.1) is 5.36 Å². The Bertz CT molecular complexity index is 550. The molecule has 1 N–H and O–H groups in total. The third-order valence-electron chi connectivity index (χ3n) is 5.87. The molecule has 0 aliphatic heterocycles. The van der Waals surface area contributed by atoms with Crippen molar-refractivity contribution in [3.05, 3.63) is 27.9 Å². The molecule has 136 valence electrons. The second kappa shape index (κ2) is 9.79. The summed E-state index contributed by atoms with van der Waals surface area (Å²) in [7, 11) is 0. The van der Waals surface area contributed by atoms with Crippen LogP contribution in [0.3, 0.4) is 0 Å². The highest BCUT2D eigenvalue weighted by Gasteiger charge is 2.24. The summed E-state index contributed by atoms with van der Waals surface area (Å²) in [6.45, 7) is 3.50. The molecule has 1 aromatic heterocycles. The summed E-state index contributed by atoms with van der Waals surface area (Å²) < 4.78 is 2.65. The van der Waals surface area contributed by atoms with E-state index in [9.17, 15) is 0 Å². The summed E-state index contributed by atoms with van der Waals surface area (Å²) >= 11 is 0.